The predicted molar refractivity (Wildman–Crippen MR) is 128 cm³/mol. The number of hydrogen-bond donors (Lipinski definition) is 1. The van der Waals surface area contributed by atoms with Gasteiger partial charge in [0, 0.05) is 16.8 Å². The molecule has 3 aromatic carbocycles. The van der Waals surface area contributed by atoms with Crippen molar-refractivity contribution in [3.63, 3.8) is 0 Å². The standard InChI is InChI=1S/C27H18ClNO5/c28-18-11-13-22-21(16-18)24(26(31)29(22)27(32)34-19-9-5-2-6-10-19)25(30)23-14-12-20(33-23)15-17-7-3-1-4-8-17/h1-14,16,31H,15H2. The zero-order valence-corrected chi connectivity index (χ0v) is 18.5. The highest BCUT2D eigenvalue weighted by Gasteiger charge is 2.29. The van der Waals surface area contributed by atoms with Crippen LogP contribution in [0.25, 0.3) is 10.9 Å². The second-order valence-corrected chi connectivity index (χ2v) is 8.07. The summed E-state index contributed by atoms with van der Waals surface area (Å²) in [6.45, 7) is 0. The number of carbonyl (C=O) groups is 2. The van der Waals surface area contributed by atoms with Gasteiger partial charge in [0.05, 0.1) is 11.1 Å². The monoisotopic (exact) mass is 471 g/mol. The van der Waals surface area contributed by atoms with Crippen LogP contribution in [0.4, 0.5) is 4.79 Å². The number of nitrogens with zero attached hydrogens (tertiary/aromatic N) is 1. The van der Waals surface area contributed by atoms with E-state index in [9.17, 15) is 14.7 Å². The second-order valence-electron chi connectivity index (χ2n) is 7.63. The lowest BCUT2D eigenvalue weighted by molar-refractivity contribution is 0.101. The predicted octanol–water partition coefficient (Wildman–Crippen LogP) is 6.46. The highest BCUT2D eigenvalue weighted by atomic mass is 35.5. The van der Waals surface area contributed by atoms with Crippen molar-refractivity contribution in [1.82, 2.24) is 4.57 Å². The van der Waals surface area contributed by atoms with Crippen LogP contribution >= 0.6 is 11.6 Å². The topological polar surface area (TPSA) is 81.7 Å². The van der Waals surface area contributed by atoms with E-state index in [1.54, 1.807) is 54.6 Å². The number of rotatable bonds is 5. The zero-order chi connectivity index (χ0) is 23.7. The van der Waals surface area contributed by atoms with Crippen LogP contribution in [0.2, 0.25) is 5.02 Å². The Labute approximate surface area is 199 Å². The maximum absolute atomic E-state index is 13.4. The van der Waals surface area contributed by atoms with Crippen LogP contribution < -0.4 is 4.74 Å². The molecule has 0 unspecified atom stereocenters. The van der Waals surface area contributed by atoms with E-state index in [2.05, 4.69) is 0 Å². The number of carbonyl (C=O) groups excluding carboxylic acids is 2. The van der Waals surface area contributed by atoms with Gasteiger partial charge in [-0.1, -0.05) is 60.1 Å². The molecule has 1 N–H and O–H groups in total. The number of ether oxygens (including phenoxy) is 1. The minimum Gasteiger partial charge on any atom is -0.494 e. The van der Waals surface area contributed by atoms with Crippen molar-refractivity contribution in [2.75, 3.05) is 0 Å². The van der Waals surface area contributed by atoms with Crippen LogP contribution in [-0.2, 0) is 6.42 Å². The lowest BCUT2D eigenvalue weighted by Gasteiger charge is -2.07. The van der Waals surface area contributed by atoms with Crippen molar-refractivity contribution < 1.29 is 23.8 Å². The molecule has 7 heteroatoms. The number of aromatic nitrogens is 1. The van der Waals surface area contributed by atoms with Gasteiger partial charge in [-0.15, -0.1) is 0 Å². The van der Waals surface area contributed by atoms with Crippen LogP contribution in [0.1, 0.15) is 27.4 Å². The fraction of sp³-hybridized carbons (Fsp3) is 0.0370. The van der Waals surface area contributed by atoms with Crippen molar-refractivity contribution >= 4 is 34.4 Å². The van der Waals surface area contributed by atoms with Gasteiger partial charge in [-0.2, -0.15) is 0 Å². The van der Waals surface area contributed by atoms with E-state index in [-0.39, 0.29) is 16.8 Å². The first-order valence-electron chi connectivity index (χ1n) is 10.5. The summed E-state index contributed by atoms with van der Waals surface area (Å²) in [6.07, 6.45) is -0.351. The van der Waals surface area contributed by atoms with Crippen LogP contribution in [0, 0.1) is 0 Å². The molecular formula is C27H18ClNO5. The van der Waals surface area contributed by atoms with Crippen molar-refractivity contribution in [3.8, 4) is 11.6 Å². The third-order valence-electron chi connectivity index (χ3n) is 5.37. The van der Waals surface area contributed by atoms with Gasteiger partial charge in [-0.05, 0) is 48.0 Å². The molecule has 0 saturated heterocycles. The molecule has 0 atom stereocenters. The maximum atomic E-state index is 13.4. The summed E-state index contributed by atoms with van der Waals surface area (Å²) in [5, 5.41) is 11.6. The normalized spacial score (nSPS) is 11.0. The molecule has 2 heterocycles. The molecule has 0 bridgehead atoms. The third-order valence-corrected chi connectivity index (χ3v) is 5.60. The summed E-state index contributed by atoms with van der Waals surface area (Å²) in [5.41, 5.74) is 1.22. The summed E-state index contributed by atoms with van der Waals surface area (Å²) < 4.78 is 12.1. The average molecular weight is 472 g/mol. The maximum Gasteiger partial charge on any atom is 0.426 e. The van der Waals surface area contributed by atoms with Crippen LogP contribution in [0.5, 0.6) is 11.6 Å². The molecule has 168 valence electrons. The molecule has 5 rings (SSSR count). The Balaban J connectivity index is 1.53. The molecule has 5 aromatic rings. The molecule has 0 fully saturated rings. The number of furan rings is 1. The largest absolute Gasteiger partial charge is 0.494 e. The van der Waals surface area contributed by atoms with Gasteiger partial charge in [0.1, 0.15) is 11.5 Å². The van der Waals surface area contributed by atoms with E-state index < -0.39 is 17.8 Å². The van der Waals surface area contributed by atoms with Crippen LogP contribution in [0.3, 0.4) is 0 Å². The highest BCUT2D eigenvalue weighted by molar-refractivity contribution is 6.32. The number of benzene rings is 3. The Morgan fingerprint density at radius 1 is 0.912 bits per heavy atom. The molecule has 0 saturated carbocycles. The Morgan fingerprint density at radius 3 is 2.35 bits per heavy atom. The first-order chi connectivity index (χ1) is 16.5. The first kappa shape index (κ1) is 21.6. The van der Waals surface area contributed by atoms with Crippen molar-refractivity contribution in [3.05, 3.63) is 119 Å². The van der Waals surface area contributed by atoms with Gasteiger partial charge < -0.3 is 14.3 Å². The number of para-hydroxylation sites is 1. The van der Waals surface area contributed by atoms with Crippen molar-refractivity contribution in [1.29, 1.82) is 0 Å². The lowest BCUT2D eigenvalue weighted by Crippen LogP contribution is -2.16. The van der Waals surface area contributed by atoms with Crippen molar-refractivity contribution in [2.45, 2.75) is 6.42 Å². The van der Waals surface area contributed by atoms with E-state index in [1.807, 2.05) is 30.3 Å². The molecule has 34 heavy (non-hydrogen) atoms. The van der Waals surface area contributed by atoms with E-state index in [1.165, 1.54) is 6.07 Å². The molecule has 0 aliphatic heterocycles. The summed E-state index contributed by atoms with van der Waals surface area (Å²) in [4.78, 5) is 26.3. The Hall–Kier alpha value is -4.29. The summed E-state index contributed by atoms with van der Waals surface area (Å²) in [6, 6.07) is 26.0. The number of aromatic hydroxyl groups is 1. The molecule has 2 aromatic heterocycles. The van der Waals surface area contributed by atoms with Gasteiger partial charge in [0.25, 0.3) is 0 Å². The van der Waals surface area contributed by atoms with Gasteiger partial charge >= 0.3 is 6.09 Å². The van der Waals surface area contributed by atoms with Gasteiger partial charge in [-0.25, -0.2) is 9.36 Å². The molecule has 0 aliphatic carbocycles. The second kappa shape index (κ2) is 8.92. The molecular weight excluding hydrogens is 454 g/mol. The summed E-state index contributed by atoms with van der Waals surface area (Å²) in [5.74, 6) is -0.192. The van der Waals surface area contributed by atoms with Gasteiger partial charge in [0.2, 0.25) is 11.7 Å². The van der Waals surface area contributed by atoms with Crippen LogP contribution in [0.15, 0.2) is 95.4 Å². The Morgan fingerprint density at radius 2 is 1.62 bits per heavy atom. The number of ketones is 1. The Kier molecular flexibility index (Phi) is 5.65. The van der Waals surface area contributed by atoms with E-state index >= 15 is 0 Å². The van der Waals surface area contributed by atoms with E-state index in [0.29, 0.717) is 28.3 Å². The fourth-order valence-electron chi connectivity index (χ4n) is 3.81. The smallest absolute Gasteiger partial charge is 0.426 e. The average Bonchev–Trinajstić information content (AvgIpc) is 3.41. The Bertz CT molecular complexity index is 1500. The number of fused-ring (bicyclic) bond motifs is 1. The third kappa shape index (κ3) is 4.07. The highest BCUT2D eigenvalue weighted by Crippen LogP contribution is 2.35. The van der Waals surface area contributed by atoms with Gasteiger partial charge in [0.15, 0.2) is 5.76 Å². The lowest BCUT2D eigenvalue weighted by atomic mass is 10.1. The molecule has 0 aliphatic rings. The van der Waals surface area contributed by atoms with Gasteiger partial charge in [-0.3, -0.25) is 4.79 Å². The van der Waals surface area contributed by atoms with E-state index in [0.717, 1.165) is 10.1 Å². The quantitative estimate of drug-likeness (QED) is 0.297. The minimum absolute atomic E-state index is 0.0386. The molecule has 0 radical (unpaired) electrons. The molecule has 6 nitrogen and oxygen atoms in total. The van der Waals surface area contributed by atoms with E-state index in [4.69, 9.17) is 20.8 Å². The summed E-state index contributed by atoms with van der Waals surface area (Å²) in [7, 11) is 0. The van der Waals surface area contributed by atoms with Crippen molar-refractivity contribution in [2.24, 2.45) is 0 Å². The zero-order valence-electron chi connectivity index (χ0n) is 17.8. The number of hydrogen-bond acceptors (Lipinski definition) is 5. The fourth-order valence-corrected chi connectivity index (χ4v) is 3.98. The summed E-state index contributed by atoms with van der Waals surface area (Å²) >= 11 is 6.16. The first-order valence-corrected chi connectivity index (χ1v) is 10.9. The SMILES string of the molecule is O=C(c1ccc(Cc2ccccc2)o1)c1c(O)n(C(=O)Oc2ccccc2)c2ccc(Cl)cc12. The number of halogens is 1. The minimum atomic E-state index is -0.862. The molecule has 0 spiro atoms. The molecule has 0 amide bonds. The van der Waals surface area contributed by atoms with Crippen LogP contribution in [-0.4, -0.2) is 21.6 Å².